The van der Waals surface area contributed by atoms with E-state index >= 15 is 0 Å². The summed E-state index contributed by atoms with van der Waals surface area (Å²) in [6.45, 7) is 0.394. The topological polar surface area (TPSA) is 156 Å². The number of sulfone groups is 1. The SMILES string of the molecule is C[C@]1(COC(=O)Nc2ccncc2)[C@H](C(=O)O)N2C(=O)/C(=C/c3ccccn3)C2S1(=O)=O. The molecule has 2 saturated heterocycles. The molecule has 12 heteroatoms. The molecule has 1 unspecified atom stereocenters. The van der Waals surface area contributed by atoms with Crippen molar-refractivity contribution in [1.29, 1.82) is 0 Å². The number of rotatable bonds is 5. The Bertz CT molecular complexity index is 1220. The van der Waals surface area contributed by atoms with Gasteiger partial charge in [-0.25, -0.2) is 18.0 Å². The number of ether oxygens (including phenoxy) is 1. The maximum atomic E-state index is 13.4. The number of nitrogens with zero attached hydrogens (tertiary/aromatic N) is 3. The van der Waals surface area contributed by atoms with Crippen molar-refractivity contribution in [2.75, 3.05) is 11.9 Å². The fraction of sp³-hybridized carbons (Fsp3) is 0.250. The van der Waals surface area contributed by atoms with Crippen LogP contribution < -0.4 is 5.32 Å². The van der Waals surface area contributed by atoms with E-state index in [0.717, 1.165) is 11.8 Å². The maximum absolute atomic E-state index is 13.4. The molecule has 0 radical (unpaired) electrons. The molecule has 0 spiro atoms. The van der Waals surface area contributed by atoms with Crippen molar-refractivity contribution in [3.05, 3.63) is 60.2 Å². The number of carboxylic acids is 1. The predicted molar refractivity (Wildman–Crippen MR) is 111 cm³/mol. The van der Waals surface area contributed by atoms with Gasteiger partial charge in [0.25, 0.3) is 5.91 Å². The third-order valence-electron chi connectivity index (χ3n) is 5.44. The van der Waals surface area contributed by atoms with E-state index in [4.69, 9.17) is 4.74 Å². The highest BCUT2D eigenvalue weighted by atomic mass is 32.2. The molecule has 0 aromatic carbocycles. The van der Waals surface area contributed by atoms with E-state index in [1.807, 2.05) is 0 Å². The van der Waals surface area contributed by atoms with Crippen LogP contribution in [0.5, 0.6) is 0 Å². The number of aromatic nitrogens is 2. The van der Waals surface area contributed by atoms with Crippen LogP contribution >= 0.6 is 0 Å². The molecule has 11 nitrogen and oxygen atoms in total. The first-order valence-corrected chi connectivity index (χ1v) is 11.0. The molecule has 0 bridgehead atoms. The highest BCUT2D eigenvalue weighted by Crippen LogP contribution is 2.49. The van der Waals surface area contributed by atoms with E-state index in [1.165, 1.54) is 36.8 Å². The lowest BCUT2D eigenvalue weighted by Crippen LogP contribution is -2.59. The average Bonchev–Trinajstić information content (AvgIpc) is 2.93. The lowest BCUT2D eigenvalue weighted by atomic mass is 9.94. The second-order valence-corrected chi connectivity index (χ2v) is 9.92. The Morgan fingerprint density at radius 1 is 1.25 bits per heavy atom. The number of β-lactam (4-membered cyclic amide) rings is 1. The summed E-state index contributed by atoms with van der Waals surface area (Å²) in [7, 11) is -4.28. The van der Waals surface area contributed by atoms with Gasteiger partial charge in [0.1, 0.15) is 11.4 Å². The third-order valence-corrected chi connectivity index (χ3v) is 8.15. The number of carbonyl (C=O) groups is 3. The maximum Gasteiger partial charge on any atom is 0.411 e. The Labute approximate surface area is 182 Å². The number of carboxylic acid groups (broad SMARTS) is 1. The molecule has 32 heavy (non-hydrogen) atoms. The smallest absolute Gasteiger partial charge is 0.411 e. The van der Waals surface area contributed by atoms with Crippen molar-refractivity contribution in [2.45, 2.75) is 23.1 Å². The van der Waals surface area contributed by atoms with E-state index in [-0.39, 0.29) is 5.57 Å². The van der Waals surface area contributed by atoms with Gasteiger partial charge in [-0.2, -0.15) is 0 Å². The first-order chi connectivity index (χ1) is 15.2. The van der Waals surface area contributed by atoms with Crippen LogP contribution in [0, 0.1) is 0 Å². The Morgan fingerprint density at radius 2 is 1.97 bits per heavy atom. The zero-order valence-corrected chi connectivity index (χ0v) is 17.5. The van der Waals surface area contributed by atoms with Crippen molar-refractivity contribution < 1.29 is 32.6 Å². The Kier molecular flexibility index (Phi) is 5.17. The first kappa shape index (κ1) is 21.4. The Balaban J connectivity index is 1.61. The molecule has 2 aliphatic rings. The lowest BCUT2D eigenvalue weighted by molar-refractivity contribution is -0.153. The molecule has 4 rings (SSSR count). The van der Waals surface area contributed by atoms with Crippen molar-refractivity contribution >= 4 is 39.6 Å². The number of fused-ring (bicyclic) bond motifs is 1. The van der Waals surface area contributed by atoms with Gasteiger partial charge in [-0.15, -0.1) is 0 Å². The summed E-state index contributed by atoms with van der Waals surface area (Å²) in [4.78, 5) is 45.5. The number of aliphatic carboxylic acids is 1. The molecule has 3 atom stereocenters. The quantitative estimate of drug-likeness (QED) is 0.491. The highest BCUT2D eigenvalue weighted by molar-refractivity contribution is 7.94. The van der Waals surface area contributed by atoms with Crippen LogP contribution in [-0.2, 0) is 24.2 Å². The summed E-state index contributed by atoms with van der Waals surface area (Å²) in [5.74, 6) is -2.23. The summed E-state index contributed by atoms with van der Waals surface area (Å²) in [5.41, 5.74) is 0.637. The zero-order valence-electron chi connectivity index (χ0n) is 16.7. The molecule has 0 saturated carbocycles. The van der Waals surface area contributed by atoms with Crippen LogP contribution in [0.15, 0.2) is 54.5 Å². The standard InChI is InChI=1S/C20H18N4O7S/c1-20(11-31-19(28)23-12-5-8-21-9-6-12)15(18(26)27)24-16(25)14(17(24)32(20,29)30)10-13-4-2-3-7-22-13/h2-10,15,17H,11H2,1H3,(H,26,27)(H,21,23,28)/b14-10-/t15-,17?,20-/m0/s1. The molecule has 2 aromatic heterocycles. The molecule has 166 valence electrons. The highest BCUT2D eigenvalue weighted by Gasteiger charge is 2.72. The molecule has 2 N–H and O–H groups in total. The van der Waals surface area contributed by atoms with Crippen LogP contribution in [0.3, 0.4) is 0 Å². The number of carbonyl (C=O) groups excluding carboxylic acids is 2. The number of hydrogen-bond donors (Lipinski definition) is 2. The number of hydrogen-bond acceptors (Lipinski definition) is 8. The Hall–Kier alpha value is -3.80. The normalized spacial score (nSPS) is 26.8. The minimum absolute atomic E-state index is 0.0834. The van der Waals surface area contributed by atoms with Gasteiger partial charge in [-0.1, -0.05) is 6.07 Å². The summed E-state index contributed by atoms with van der Waals surface area (Å²) in [6.07, 6.45) is 4.70. The van der Waals surface area contributed by atoms with E-state index in [9.17, 15) is 27.9 Å². The molecule has 2 aromatic rings. The summed E-state index contributed by atoms with van der Waals surface area (Å²) >= 11 is 0. The molecular weight excluding hydrogens is 440 g/mol. The molecule has 2 aliphatic heterocycles. The zero-order chi connectivity index (χ0) is 23.1. The van der Waals surface area contributed by atoms with E-state index in [2.05, 4.69) is 15.3 Å². The summed E-state index contributed by atoms with van der Waals surface area (Å²) in [5, 5.41) is 10.7. The second kappa shape index (κ2) is 7.71. The van der Waals surface area contributed by atoms with Crippen molar-refractivity contribution in [3.63, 3.8) is 0 Å². The van der Waals surface area contributed by atoms with Crippen LogP contribution in [-0.4, -0.2) is 69.1 Å². The largest absolute Gasteiger partial charge is 0.480 e. The van der Waals surface area contributed by atoms with Crippen molar-refractivity contribution in [3.8, 4) is 0 Å². The van der Waals surface area contributed by atoms with Gasteiger partial charge in [-0.3, -0.25) is 20.1 Å². The average molecular weight is 458 g/mol. The third kappa shape index (κ3) is 3.28. The van der Waals surface area contributed by atoms with Crippen LogP contribution in [0.4, 0.5) is 10.5 Å². The first-order valence-electron chi connectivity index (χ1n) is 9.42. The molecular formula is C20H18N4O7S. The van der Waals surface area contributed by atoms with Crippen LogP contribution in [0.1, 0.15) is 12.6 Å². The van der Waals surface area contributed by atoms with E-state index in [1.54, 1.807) is 18.2 Å². The fourth-order valence-electron chi connectivity index (χ4n) is 3.81. The van der Waals surface area contributed by atoms with Gasteiger partial charge in [0.05, 0.1) is 11.3 Å². The van der Waals surface area contributed by atoms with Crippen LogP contribution in [0.2, 0.25) is 0 Å². The molecule has 2 amide bonds. The van der Waals surface area contributed by atoms with Crippen molar-refractivity contribution in [2.24, 2.45) is 0 Å². The summed E-state index contributed by atoms with van der Waals surface area (Å²) < 4.78 is 29.8. The van der Waals surface area contributed by atoms with Gasteiger partial charge in [-0.05, 0) is 37.3 Å². The predicted octanol–water partition coefficient (Wildman–Crippen LogP) is 0.917. The minimum Gasteiger partial charge on any atom is -0.480 e. The monoisotopic (exact) mass is 458 g/mol. The van der Waals surface area contributed by atoms with Gasteiger partial charge in [0, 0.05) is 24.3 Å². The van der Waals surface area contributed by atoms with Gasteiger partial charge >= 0.3 is 12.1 Å². The van der Waals surface area contributed by atoms with Gasteiger partial charge < -0.3 is 14.7 Å². The van der Waals surface area contributed by atoms with Crippen LogP contribution in [0.25, 0.3) is 6.08 Å². The number of nitrogens with one attached hydrogen (secondary N) is 1. The van der Waals surface area contributed by atoms with E-state index < -0.39 is 50.6 Å². The fourth-order valence-corrected chi connectivity index (χ4v) is 6.09. The number of pyridine rings is 2. The molecule has 0 aliphatic carbocycles. The minimum atomic E-state index is -4.28. The second-order valence-electron chi connectivity index (χ2n) is 7.45. The van der Waals surface area contributed by atoms with Gasteiger partial charge in [0.2, 0.25) is 0 Å². The lowest BCUT2D eigenvalue weighted by Gasteiger charge is -2.37. The number of anilines is 1. The van der Waals surface area contributed by atoms with Crippen molar-refractivity contribution in [1.82, 2.24) is 14.9 Å². The van der Waals surface area contributed by atoms with E-state index in [0.29, 0.717) is 11.4 Å². The number of amides is 2. The molecule has 4 heterocycles. The Morgan fingerprint density at radius 3 is 2.59 bits per heavy atom. The molecule has 2 fully saturated rings. The summed E-state index contributed by atoms with van der Waals surface area (Å²) in [6, 6.07) is 6.19. The van der Waals surface area contributed by atoms with Gasteiger partial charge in [0.15, 0.2) is 21.3 Å².